The molecule has 4 heterocycles. The zero-order valence-electron chi connectivity index (χ0n) is 18.9. The normalized spacial score (nSPS) is 16.9. The maximum Gasteiger partial charge on any atom is 0.356 e. The van der Waals surface area contributed by atoms with Crippen LogP contribution in [0.3, 0.4) is 0 Å². The number of pyridine rings is 3. The van der Waals surface area contributed by atoms with E-state index in [0.29, 0.717) is 22.7 Å². The Bertz CT molecular complexity index is 1450. The third kappa shape index (κ3) is 3.94. The van der Waals surface area contributed by atoms with Crippen molar-refractivity contribution in [3.8, 4) is 11.3 Å². The summed E-state index contributed by atoms with van der Waals surface area (Å²) in [7, 11) is 3.17. The number of aryl methyl sites for hydroxylation is 2. The van der Waals surface area contributed by atoms with Gasteiger partial charge in [-0.3, -0.25) is 9.48 Å². The maximum atomic E-state index is 12.8. The lowest BCUT2D eigenvalue weighted by Gasteiger charge is -2.11. The second-order valence-electron chi connectivity index (χ2n) is 8.44. The Morgan fingerprint density at radius 1 is 1.18 bits per heavy atom. The molecule has 5 rings (SSSR count). The number of nitrogens with two attached hydrogens (primary N) is 1. The van der Waals surface area contributed by atoms with Crippen molar-refractivity contribution in [2.75, 3.05) is 18.2 Å². The molecule has 0 radical (unpaired) electrons. The fourth-order valence-electron chi connectivity index (χ4n) is 4.12. The molecule has 3 N–H and O–H groups in total. The molecule has 0 aromatic carbocycles. The Morgan fingerprint density at radius 2 is 2.00 bits per heavy atom. The van der Waals surface area contributed by atoms with Gasteiger partial charge in [-0.05, 0) is 54.0 Å². The summed E-state index contributed by atoms with van der Waals surface area (Å²) < 4.78 is 6.47. The molecule has 10 nitrogen and oxygen atoms in total. The van der Waals surface area contributed by atoms with Crippen LogP contribution in [-0.4, -0.2) is 43.7 Å². The van der Waals surface area contributed by atoms with Crippen LogP contribution in [0.4, 0.5) is 11.6 Å². The minimum absolute atomic E-state index is 0.0681. The van der Waals surface area contributed by atoms with E-state index >= 15 is 0 Å². The topological polar surface area (TPSA) is 138 Å². The van der Waals surface area contributed by atoms with Gasteiger partial charge >= 0.3 is 5.97 Å². The highest BCUT2D eigenvalue weighted by Gasteiger charge is 2.44. The molecule has 0 bridgehead atoms. The molecule has 1 aliphatic rings. The number of rotatable bonds is 5. The molecule has 1 aliphatic carbocycles. The summed E-state index contributed by atoms with van der Waals surface area (Å²) in [6, 6.07) is 5.29. The van der Waals surface area contributed by atoms with E-state index in [1.54, 1.807) is 35.4 Å². The van der Waals surface area contributed by atoms with Crippen molar-refractivity contribution in [3.05, 3.63) is 59.8 Å². The molecule has 0 aliphatic heterocycles. The highest BCUT2D eigenvalue weighted by atomic mass is 16.5. The summed E-state index contributed by atoms with van der Waals surface area (Å²) in [6.45, 7) is 1.86. The third-order valence-electron chi connectivity index (χ3n) is 6.06. The van der Waals surface area contributed by atoms with Crippen LogP contribution in [0.1, 0.15) is 34.0 Å². The van der Waals surface area contributed by atoms with Gasteiger partial charge in [0.15, 0.2) is 0 Å². The Morgan fingerprint density at radius 3 is 2.71 bits per heavy atom. The zero-order chi connectivity index (χ0) is 24.0. The molecule has 1 fully saturated rings. The minimum Gasteiger partial charge on any atom is -0.464 e. The van der Waals surface area contributed by atoms with Crippen molar-refractivity contribution >= 4 is 34.3 Å². The van der Waals surface area contributed by atoms with Crippen molar-refractivity contribution in [1.82, 2.24) is 24.7 Å². The molecule has 2 unspecified atom stereocenters. The number of nitrogens with one attached hydrogen (secondary N) is 1. The van der Waals surface area contributed by atoms with Crippen molar-refractivity contribution < 1.29 is 14.3 Å². The molecule has 4 aromatic heterocycles. The molecule has 1 amide bonds. The van der Waals surface area contributed by atoms with E-state index in [-0.39, 0.29) is 23.4 Å². The van der Waals surface area contributed by atoms with Crippen LogP contribution in [0.5, 0.6) is 0 Å². The van der Waals surface area contributed by atoms with Gasteiger partial charge in [-0.2, -0.15) is 5.10 Å². The van der Waals surface area contributed by atoms with Gasteiger partial charge in [-0.25, -0.2) is 19.7 Å². The van der Waals surface area contributed by atoms with Crippen LogP contribution in [0.2, 0.25) is 0 Å². The zero-order valence-corrected chi connectivity index (χ0v) is 18.9. The second-order valence-corrected chi connectivity index (χ2v) is 8.44. The number of nitrogen functional groups attached to an aromatic ring is 1. The molecule has 0 spiro atoms. The van der Waals surface area contributed by atoms with E-state index in [1.807, 2.05) is 26.2 Å². The number of fused-ring (bicyclic) bond motifs is 1. The number of carbonyl (C=O) groups excluding carboxylic acids is 2. The van der Waals surface area contributed by atoms with Gasteiger partial charge in [0.2, 0.25) is 5.91 Å². The van der Waals surface area contributed by atoms with E-state index in [2.05, 4.69) is 25.4 Å². The Labute approximate surface area is 195 Å². The summed E-state index contributed by atoms with van der Waals surface area (Å²) in [4.78, 5) is 37.5. The SMILES string of the molecule is COC(=O)c1cc(C)c(-c2cc3cc(NC(=O)C4CC4c4cnn(C)c4)ncc3c(N)n2)cn1. The predicted octanol–water partition coefficient (Wildman–Crippen LogP) is 2.84. The fourth-order valence-corrected chi connectivity index (χ4v) is 4.12. The average molecular weight is 457 g/mol. The van der Waals surface area contributed by atoms with E-state index in [4.69, 9.17) is 10.5 Å². The number of carbonyl (C=O) groups is 2. The lowest BCUT2D eigenvalue weighted by atomic mass is 10.0. The highest BCUT2D eigenvalue weighted by Crippen LogP contribution is 2.47. The molecule has 4 aromatic rings. The standard InChI is InChI=1S/C24H23N7O3/c1-12-4-20(24(33)34-3)26-9-17(12)19-5-13-6-21(27-10-18(13)22(25)29-19)30-23(32)16-7-15(16)14-8-28-31(2)11-14/h4-6,8-11,15-16H,7H2,1-3H3,(H2,25,29)(H,27,30,32). The van der Waals surface area contributed by atoms with Crippen molar-refractivity contribution in [3.63, 3.8) is 0 Å². The quantitative estimate of drug-likeness (QED) is 0.436. The lowest BCUT2D eigenvalue weighted by Crippen LogP contribution is -2.15. The van der Waals surface area contributed by atoms with Crippen LogP contribution in [-0.2, 0) is 16.6 Å². The number of esters is 1. The number of hydrogen-bond acceptors (Lipinski definition) is 8. The monoisotopic (exact) mass is 457 g/mol. The van der Waals surface area contributed by atoms with Crippen molar-refractivity contribution in [2.45, 2.75) is 19.3 Å². The van der Waals surface area contributed by atoms with Gasteiger partial charge in [0.05, 0.1) is 19.0 Å². The first-order chi connectivity index (χ1) is 16.3. The Kier molecular flexibility index (Phi) is 5.20. The van der Waals surface area contributed by atoms with Crippen LogP contribution in [0, 0.1) is 12.8 Å². The molecular formula is C24H23N7O3. The van der Waals surface area contributed by atoms with Gasteiger partial charge < -0.3 is 15.8 Å². The number of nitrogens with zero attached hydrogens (tertiary/aromatic N) is 5. The smallest absolute Gasteiger partial charge is 0.356 e. The average Bonchev–Trinajstić information content (AvgIpc) is 3.51. The van der Waals surface area contributed by atoms with Crippen LogP contribution >= 0.6 is 0 Å². The second kappa shape index (κ2) is 8.22. The molecule has 10 heteroatoms. The largest absolute Gasteiger partial charge is 0.464 e. The Balaban J connectivity index is 1.40. The van der Waals surface area contributed by atoms with E-state index in [1.165, 1.54) is 7.11 Å². The molecular weight excluding hydrogens is 434 g/mol. The number of ether oxygens (including phenoxy) is 1. The number of hydrogen-bond donors (Lipinski definition) is 2. The first kappa shape index (κ1) is 21.5. The first-order valence-corrected chi connectivity index (χ1v) is 10.7. The number of aromatic nitrogens is 5. The number of anilines is 2. The summed E-state index contributed by atoms with van der Waals surface area (Å²) in [5, 5.41) is 8.56. The Hall–Kier alpha value is -4.34. The maximum absolute atomic E-state index is 12.8. The van der Waals surface area contributed by atoms with Gasteiger partial charge in [-0.1, -0.05) is 0 Å². The van der Waals surface area contributed by atoms with Gasteiger partial charge in [0, 0.05) is 42.5 Å². The summed E-state index contributed by atoms with van der Waals surface area (Å²) in [5.74, 6) is 0.274. The number of amides is 1. The first-order valence-electron chi connectivity index (χ1n) is 10.7. The minimum atomic E-state index is -0.506. The van der Waals surface area contributed by atoms with Crippen molar-refractivity contribution in [2.24, 2.45) is 13.0 Å². The third-order valence-corrected chi connectivity index (χ3v) is 6.06. The van der Waals surface area contributed by atoms with Crippen LogP contribution < -0.4 is 11.1 Å². The number of methoxy groups -OCH3 is 1. The fraction of sp³-hybridized carbons (Fsp3) is 0.250. The van der Waals surface area contributed by atoms with E-state index < -0.39 is 5.97 Å². The predicted molar refractivity (Wildman–Crippen MR) is 126 cm³/mol. The van der Waals surface area contributed by atoms with Crippen molar-refractivity contribution in [1.29, 1.82) is 0 Å². The molecule has 172 valence electrons. The van der Waals surface area contributed by atoms with Gasteiger partial charge in [0.25, 0.3) is 0 Å². The summed E-state index contributed by atoms with van der Waals surface area (Å²) in [5.41, 5.74) is 9.63. The van der Waals surface area contributed by atoms with E-state index in [0.717, 1.165) is 28.5 Å². The summed E-state index contributed by atoms with van der Waals surface area (Å²) in [6.07, 6.45) is 7.72. The van der Waals surface area contributed by atoms with Gasteiger partial charge in [-0.15, -0.1) is 0 Å². The molecule has 1 saturated carbocycles. The van der Waals surface area contributed by atoms with Crippen LogP contribution in [0.25, 0.3) is 22.0 Å². The van der Waals surface area contributed by atoms with Gasteiger partial charge in [0.1, 0.15) is 17.3 Å². The van der Waals surface area contributed by atoms with Crippen LogP contribution in [0.15, 0.2) is 43.0 Å². The molecule has 2 atom stereocenters. The lowest BCUT2D eigenvalue weighted by molar-refractivity contribution is -0.117. The highest BCUT2D eigenvalue weighted by molar-refractivity contribution is 5.99. The molecule has 0 saturated heterocycles. The molecule has 34 heavy (non-hydrogen) atoms. The summed E-state index contributed by atoms with van der Waals surface area (Å²) >= 11 is 0. The van der Waals surface area contributed by atoms with E-state index in [9.17, 15) is 9.59 Å².